The van der Waals surface area contributed by atoms with Crippen LogP contribution < -0.4 is 10.9 Å². The molecule has 3 N–H and O–H groups in total. The first kappa shape index (κ1) is 16.7. The molecule has 1 unspecified atom stereocenters. The summed E-state index contributed by atoms with van der Waals surface area (Å²) < 4.78 is 5.19. The number of carbonyl (C=O) groups is 2. The van der Waals surface area contributed by atoms with Gasteiger partial charge in [-0.05, 0) is 32.9 Å². The van der Waals surface area contributed by atoms with E-state index in [4.69, 9.17) is 4.74 Å². The summed E-state index contributed by atoms with van der Waals surface area (Å²) in [6.45, 7) is 5.20. The van der Waals surface area contributed by atoms with Crippen molar-refractivity contribution in [3.8, 4) is 0 Å². The van der Waals surface area contributed by atoms with Gasteiger partial charge in [0.15, 0.2) is 0 Å². The van der Waals surface area contributed by atoms with E-state index in [1.165, 1.54) is 24.5 Å². The minimum absolute atomic E-state index is 0.120. The molecule has 1 aliphatic rings. The minimum Gasteiger partial charge on any atom is -0.479 e. The molecule has 1 amide bonds. The van der Waals surface area contributed by atoms with Gasteiger partial charge in [-0.25, -0.2) is 15.1 Å². The first-order chi connectivity index (χ1) is 10.7. The molecule has 0 saturated carbocycles. The van der Waals surface area contributed by atoms with Crippen LogP contribution in [0.15, 0.2) is 23.4 Å². The fraction of sp³-hybridized carbons (Fsp3) is 0.429. The van der Waals surface area contributed by atoms with Crippen LogP contribution in [0.1, 0.15) is 26.5 Å². The number of aromatic nitrogens is 1. The van der Waals surface area contributed by atoms with Crippen LogP contribution in [0.2, 0.25) is 0 Å². The van der Waals surface area contributed by atoms with Gasteiger partial charge in [0.2, 0.25) is 5.54 Å². The molecule has 9 nitrogen and oxygen atoms in total. The number of carboxylic acid groups (broad SMARTS) is 1. The smallest absolute Gasteiger partial charge is 0.412 e. The van der Waals surface area contributed by atoms with Crippen molar-refractivity contribution in [2.75, 3.05) is 12.4 Å². The fourth-order valence-electron chi connectivity index (χ4n) is 2.12. The van der Waals surface area contributed by atoms with Gasteiger partial charge in [0.1, 0.15) is 11.3 Å². The average Bonchev–Trinajstić information content (AvgIpc) is 2.80. The number of ether oxygens (including phenoxy) is 1. The number of anilines is 1. The molecule has 1 aromatic rings. The van der Waals surface area contributed by atoms with E-state index < -0.39 is 23.2 Å². The number of pyridine rings is 1. The number of hydrogen-bond donors (Lipinski definition) is 3. The molecule has 2 heterocycles. The SMILES string of the molecule is CN1NN=CC1(C(=O)O)c1ncccc1NC(=O)OC(C)(C)C. The number of nitrogens with one attached hydrogen (secondary N) is 2. The number of hydrazone groups is 1. The molecule has 0 fully saturated rings. The van der Waals surface area contributed by atoms with E-state index in [9.17, 15) is 14.7 Å². The maximum absolute atomic E-state index is 12.0. The molecular weight excluding hydrogens is 302 g/mol. The van der Waals surface area contributed by atoms with E-state index >= 15 is 0 Å². The van der Waals surface area contributed by atoms with Crippen molar-refractivity contribution in [1.82, 2.24) is 15.5 Å². The Labute approximate surface area is 133 Å². The van der Waals surface area contributed by atoms with E-state index in [0.717, 1.165) is 0 Å². The van der Waals surface area contributed by atoms with Crippen molar-refractivity contribution >= 4 is 24.0 Å². The molecule has 0 aromatic carbocycles. The number of rotatable bonds is 3. The molecule has 1 atom stereocenters. The Kier molecular flexibility index (Phi) is 4.24. The van der Waals surface area contributed by atoms with Gasteiger partial charge in [-0.1, -0.05) is 0 Å². The van der Waals surface area contributed by atoms with Crippen LogP contribution in [0.5, 0.6) is 0 Å². The van der Waals surface area contributed by atoms with Gasteiger partial charge >= 0.3 is 12.1 Å². The summed E-state index contributed by atoms with van der Waals surface area (Å²) in [6, 6.07) is 3.14. The zero-order valence-electron chi connectivity index (χ0n) is 13.3. The van der Waals surface area contributed by atoms with Crippen molar-refractivity contribution < 1.29 is 19.4 Å². The van der Waals surface area contributed by atoms with Gasteiger partial charge in [0.25, 0.3) is 0 Å². The molecule has 23 heavy (non-hydrogen) atoms. The standard InChI is InChI=1S/C14H19N5O4/c1-13(2,3)23-12(22)17-9-6-5-7-15-10(9)14(11(20)21)8-16-18-19(14)4/h5-8,18H,1-4H3,(H,17,22)(H,20,21). The molecule has 0 radical (unpaired) electrons. The second-order valence-corrected chi connectivity index (χ2v) is 6.02. The Hall–Kier alpha value is -2.68. The maximum Gasteiger partial charge on any atom is 0.412 e. The van der Waals surface area contributed by atoms with E-state index in [0.29, 0.717) is 0 Å². The maximum atomic E-state index is 12.0. The van der Waals surface area contributed by atoms with Gasteiger partial charge in [-0.3, -0.25) is 10.3 Å². The van der Waals surface area contributed by atoms with E-state index in [-0.39, 0.29) is 11.4 Å². The molecule has 0 aliphatic carbocycles. The van der Waals surface area contributed by atoms with Crippen molar-refractivity contribution in [2.24, 2.45) is 5.10 Å². The highest BCUT2D eigenvalue weighted by atomic mass is 16.6. The summed E-state index contributed by atoms with van der Waals surface area (Å²) in [5.74, 6) is -1.18. The molecule has 0 bridgehead atoms. The summed E-state index contributed by atoms with van der Waals surface area (Å²) in [5.41, 5.74) is 0.585. The van der Waals surface area contributed by atoms with E-state index in [1.807, 2.05) is 0 Å². The number of nitrogens with zero attached hydrogens (tertiary/aromatic N) is 3. The third-order valence-electron chi connectivity index (χ3n) is 3.12. The number of likely N-dealkylation sites (N-methyl/N-ethyl adjacent to an activating group) is 1. The van der Waals surface area contributed by atoms with Crippen molar-refractivity contribution in [3.63, 3.8) is 0 Å². The highest BCUT2D eigenvalue weighted by Crippen LogP contribution is 2.31. The zero-order chi connectivity index (χ0) is 17.3. The molecule has 9 heteroatoms. The van der Waals surface area contributed by atoms with E-state index in [1.54, 1.807) is 32.9 Å². The van der Waals surface area contributed by atoms with Crippen LogP contribution >= 0.6 is 0 Å². The number of hydrogen-bond acceptors (Lipinski definition) is 7. The highest BCUT2D eigenvalue weighted by molar-refractivity contribution is 6.02. The lowest BCUT2D eigenvalue weighted by Crippen LogP contribution is -2.52. The summed E-state index contributed by atoms with van der Waals surface area (Å²) in [7, 11) is 1.52. The van der Waals surface area contributed by atoms with Crippen LogP contribution in [0, 0.1) is 0 Å². The van der Waals surface area contributed by atoms with Crippen molar-refractivity contribution in [2.45, 2.75) is 31.9 Å². The van der Waals surface area contributed by atoms with Gasteiger partial charge in [0.05, 0.1) is 11.9 Å². The molecule has 1 aliphatic heterocycles. The second-order valence-electron chi connectivity index (χ2n) is 6.02. The fourth-order valence-corrected chi connectivity index (χ4v) is 2.12. The van der Waals surface area contributed by atoms with Gasteiger partial charge in [-0.2, -0.15) is 10.1 Å². The zero-order valence-corrected chi connectivity index (χ0v) is 13.3. The first-order valence-electron chi connectivity index (χ1n) is 6.89. The third-order valence-corrected chi connectivity index (χ3v) is 3.12. The Balaban J connectivity index is 2.40. The summed E-state index contributed by atoms with van der Waals surface area (Å²) in [4.78, 5) is 28.0. The lowest BCUT2D eigenvalue weighted by molar-refractivity contribution is -0.147. The number of carboxylic acids is 1. The molecule has 124 valence electrons. The Morgan fingerprint density at radius 3 is 2.65 bits per heavy atom. The van der Waals surface area contributed by atoms with Gasteiger partial charge in [0, 0.05) is 13.2 Å². The first-order valence-corrected chi connectivity index (χ1v) is 6.89. The Morgan fingerprint density at radius 2 is 2.13 bits per heavy atom. The van der Waals surface area contributed by atoms with Crippen molar-refractivity contribution in [1.29, 1.82) is 0 Å². The van der Waals surface area contributed by atoms with Crippen molar-refractivity contribution in [3.05, 3.63) is 24.0 Å². The van der Waals surface area contributed by atoms with Crippen LogP contribution in [0.3, 0.4) is 0 Å². The minimum atomic E-state index is -1.63. The molecule has 1 aromatic heterocycles. The normalized spacial score (nSPS) is 20.9. The molecule has 2 rings (SSSR count). The molecule has 0 spiro atoms. The number of carbonyl (C=O) groups excluding carboxylic acids is 1. The quantitative estimate of drug-likeness (QED) is 0.764. The van der Waals surface area contributed by atoms with Gasteiger partial charge < -0.3 is 9.84 Å². The third kappa shape index (κ3) is 3.24. The van der Waals surface area contributed by atoms with Crippen LogP contribution in [0.25, 0.3) is 0 Å². The Bertz CT molecular complexity index is 655. The second kappa shape index (κ2) is 5.84. The average molecular weight is 321 g/mol. The van der Waals surface area contributed by atoms with Crippen LogP contribution in [0.4, 0.5) is 10.5 Å². The summed E-state index contributed by atoms with van der Waals surface area (Å²) in [5, 5.41) is 17.3. The van der Waals surface area contributed by atoms with E-state index in [2.05, 4.69) is 20.9 Å². The van der Waals surface area contributed by atoms with Crippen LogP contribution in [-0.2, 0) is 15.1 Å². The number of hydrazine groups is 1. The van der Waals surface area contributed by atoms with Crippen LogP contribution in [-0.4, -0.2) is 46.0 Å². The monoisotopic (exact) mass is 321 g/mol. The van der Waals surface area contributed by atoms with Gasteiger partial charge in [-0.15, -0.1) is 0 Å². The summed E-state index contributed by atoms with van der Waals surface area (Å²) in [6.07, 6.45) is 1.97. The number of amides is 1. The largest absolute Gasteiger partial charge is 0.479 e. The summed E-state index contributed by atoms with van der Waals surface area (Å²) >= 11 is 0. The Morgan fingerprint density at radius 1 is 1.43 bits per heavy atom. The highest BCUT2D eigenvalue weighted by Gasteiger charge is 2.49. The predicted octanol–water partition coefficient (Wildman–Crippen LogP) is 1.14. The number of aliphatic carboxylic acids is 1. The molecular formula is C14H19N5O4. The predicted molar refractivity (Wildman–Crippen MR) is 82.8 cm³/mol. The topological polar surface area (TPSA) is 116 Å². The molecule has 0 saturated heterocycles. The lowest BCUT2D eigenvalue weighted by atomic mass is 9.94. The lowest BCUT2D eigenvalue weighted by Gasteiger charge is -2.29.